The molecule has 3 rings (SSSR count). The summed E-state index contributed by atoms with van der Waals surface area (Å²) in [6.07, 6.45) is 1.16. The first-order valence-electron chi connectivity index (χ1n) is 6.92. The van der Waals surface area contributed by atoms with Gasteiger partial charge in [0.15, 0.2) is 0 Å². The second kappa shape index (κ2) is 5.55. The summed E-state index contributed by atoms with van der Waals surface area (Å²) in [7, 11) is 0. The van der Waals surface area contributed by atoms with Crippen molar-refractivity contribution in [3.05, 3.63) is 70.8 Å². The van der Waals surface area contributed by atoms with E-state index in [2.05, 4.69) is 53.4 Å². The van der Waals surface area contributed by atoms with Gasteiger partial charge in [0.2, 0.25) is 0 Å². The van der Waals surface area contributed by atoms with E-state index in [4.69, 9.17) is 5.73 Å². The van der Waals surface area contributed by atoms with Crippen LogP contribution in [-0.2, 0) is 26.1 Å². The van der Waals surface area contributed by atoms with E-state index in [1.54, 1.807) is 0 Å². The second-order valence-corrected chi connectivity index (χ2v) is 5.25. The number of nitrogens with zero attached hydrogens (tertiary/aromatic N) is 1. The van der Waals surface area contributed by atoms with Gasteiger partial charge >= 0.3 is 0 Å². The van der Waals surface area contributed by atoms with E-state index in [1.807, 2.05) is 0 Å². The lowest BCUT2D eigenvalue weighted by atomic mass is 9.99. The van der Waals surface area contributed by atoms with Crippen molar-refractivity contribution in [2.75, 3.05) is 6.54 Å². The molecule has 0 amide bonds. The highest BCUT2D eigenvalue weighted by Gasteiger charge is 2.15. The van der Waals surface area contributed by atoms with Crippen molar-refractivity contribution in [2.45, 2.75) is 26.1 Å². The predicted molar refractivity (Wildman–Crippen MR) is 78.6 cm³/mol. The molecule has 2 aromatic rings. The molecule has 1 aliphatic heterocycles. The van der Waals surface area contributed by atoms with Crippen LogP contribution in [0.25, 0.3) is 0 Å². The molecule has 0 atom stereocenters. The van der Waals surface area contributed by atoms with E-state index in [0.29, 0.717) is 6.54 Å². The Bertz CT molecular complexity index is 563. The maximum absolute atomic E-state index is 5.70. The fraction of sp³-hybridized carbons (Fsp3) is 0.294. The molecule has 0 saturated carbocycles. The Kier molecular flexibility index (Phi) is 3.62. The van der Waals surface area contributed by atoms with Gasteiger partial charge in [-0.1, -0.05) is 48.5 Å². The highest BCUT2D eigenvalue weighted by atomic mass is 15.1. The van der Waals surface area contributed by atoms with Crippen molar-refractivity contribution in [3.8, 4) is 0 Å². The lowest BCUT2D eigenvalue weighted by Gasteiger charge is -2.28. The average Bonchev–Trinajstić information content (AvgIpc) is 2.47. The molecule has 0 aliphatic carbocycles. The molecule has 2 N–H and O–H groups in total. The Labute approximate surface area is 114 Å². The summed E-state index contributed by atoms with van der Waals surface area (Å²) in [6, 6.07) is 17.4. The number of rotatable bonds is 3. The van der Waals surface area contributed by atoms with Crippen LogP contribution in [0.1, 0.15) is 22.3 Å². The Hall–Kier alpha value is -1.64. The number of hydrogen-bond donors (Lipinski definition) is 1. The van der Waals surface area contributed by atoms with Gasteiger partial charge in [0.25, 0.3) is 0 Å². The first-order chi connectivity index (χ1) is 9.35. The summed E-state index contributed by atoms with van der Waals surface area (Å²) in [5.41, 5.74) is 11.3. The topological polar surface area (TPSA) is 29.3 Å². The minimum Gasteiger partial charge on any atom is -0.326 e. The van der Waals surface area contributed by atoms with Crippen LogP contribution in [0.3, 0.4) is 0 Å². The summed E-state index contributed by atoms with van der Waals surface area (Å²) < 4.78 is 0. The number of benzene rings is 2. The van der Waals surface area contributed by atoms with Crippen molar-refractivity contribution < 1.29 is 0 Å². The molecule has 19 heavy (non-hydrogen) atoms. The zero-order valence-corrected chi connectivity index (χ0v) is 11.2. The van der Waals surface area contributed by atoms with E-state index in [0.717, 1.165) is 26.1 Å². The first kappa shape index (κ1) is 12.4. The summed E-state index contributed by atoms with van der Waals surface area (Å²) in [6.45, 7) is 3.84. The van der Waals surface area contributed by atoms with Crippen molar-refractivity contribution in [2.24, 2.45) is 5.73 Å². The number of fused-ring (bicyclic) bond motifs is 1. The average molecular weight is 252 g/mol. The van der Waals surface area contributed by atoms with Gasteiger partial charge in [-0.2, -0.15) is 0 Å². The molecule has 0 radical (unpaired) electrons. The lowest BCUT2D eigenvalue weighted by Crippen LogP contribution is -2.30. The zero-order valence-electron chi connectivity index (χ0n) is 11.2. The maximum Gasteiger partial charge on any atom is 0.0240 e. The van der Waals surface area contributed by atoms with E-state index < -0.39 is 0 Å². The Balaban J connectivity index is 1.71. The molecular weight excluding hydrogens is 232 g/mol. The van der Waals surface area contributed by atoms with Crippen LogP contribution in [0.2, 0.25) is 0 Å². The number of hydrogen-bond acceptors (Lipinski definition) is 2. The van der Waals surface area contributed by atoms with Crippen LogP contribution in [-0.4, -0.2) is 11.4 Å². The van der Waals surface area contributed by atoms with E-state index in [9.17, 15) is 0 Å². The van der Waals surface area contributed by atoms with Crippen LogP contribution >= 0.6 is 0 Å². The third-order valence-electron chi connectivity index (χ3n) is 3.84. The number of nitrogens with two attached hydrogens (primary N) is 1. The largest absolute Gasteiger partial charge is 0.326 e. The van der Waals surface area contributed by atoms with Crippen molar-refractivity contribution in [3.63, 3.8) is 0 Å². The van der Waals surface area contributed by atoms with Crippen molar-refractivity contribution in [1.29, 1.82) is 0 Å². The molecule has 0 aromatic heterocycles. The van der Waals surface area contributed by atoms with E-state index >= 15 is 0 Å². The standard InChI is InChI=1S/C17H20N2/c18-11-14-4-3-5-15(10-14)12-19-9-8-16-6-1-2-7-17(16)13-19/h1-7,10H,8-9,11-13,18H2. The molecule has 1 heterocycles. The molecule has 98 valence electrons. The van der Waals surface area contributed by atoms with Gasteiger partial charge in [-0.3, -0.25) is 4.90 Å². The molecule has 1 aliphatic rings. The third kappa shape index (κ3) is 2.86. The zero-order chi connectivity index (χ0) is 13.1. The molecule has 0 fully saturated rings. The summed E-state index contributed by atoms with van der Waals surface area (Å²) in [5, 5.41) is 0. The smallest absolute Gasteiger partial charge is 0.0240 e. The lowest BCUT2D eigenvalue weighted by molar-refractivity contribution is 0.245. The minimum atomic E-state index is 0.622. The molecule has 0 saturated heterocycles. The normalized spacial score (nSPS) is 15.2. The van der Waals surface area contributed by atoms with Gasteiger partial charge in [0.1, 0.15) is 0 Å². The van der Waals surface area contributed by atoms with Gasteiger partial charge in [0, 0.05) is 26.2 Å². The Morgan fingerprint density at radius 3 is 2.58 bits per heavy atom. The molecule has 0 spiro atoms. The molecular formula is C17H20N2. The van der Waals surface area contributed by atoms with Crippen LogP contribution in [0.15, 0.2) is 48.5 Å². The fourth-order valence-electron chi connectivity index (χ4n) is 2.80. The molecule has 2 aromatic carbocycles. The van der Waals surface area contributed by atoms with Gasteiger partial charge in [-0.15, -0.1) is 0 Å². The third-order valence-corrected chi connectivity index (χ3v) is 3.84. The Morgan fingerprint density at radius 2 is 1.74 bits per heavy atom. The molecule has 2 nitrogen and oxygen atoms in total. The van der Waals surface area contributed by atoms with Crippen LogP contribution in [0, 0.1) is 0 Å². The van der Waals surface area contributed by atoms with Gasteiger partial charge in [-0.25, -0.2) is 0 Å². The summed E-state index contributed by atoms with van der Waals surface area (Å²) in [4.78, 5) is 2.51. The van der Waals surface area contributed by atoms with E-state index in [-0.39, 0.29) is 0 Å². The quantitative estimate of drug-likeness (QED) is 0.910. The predicted octanol–water partition coefficient (Wildman–Crippen LogP) is 2.70. The molecule has 0 bridgehead atoms. The fourth-order valence-corrected chi connectivity index (χ4v) is 2.80. The van der Waals surface area contributed by atoms with Crippen molar-refractivity contribution >= 4 is 0 Å². The van der Waals surface area contributed by atoms with Crippen molar-refractivity contribution in [1.82, 2.24) is 4.90 Å². The molecule has 0 unspecified atom stereocenters. The first-order valence-corrected chi connectivity index (χ1v) is 6.92. The Morgan fingerprint density at radius 1 is 0.947 bits per heavy atom. The summed E-state index contributed by atoms with van der Waals surface area (Å²) in [5.74, 6) is 0. The highest BCUT2D eigenvalue weighted by molar-refractivity contribution is 5.29. The van der Waals surface area contributed by atoms with Crippen LogP contribution < -0.4 is 5.73 Å². The van der Waals surface area contributed by atoms with E-state index in [1.165, 1.54) is 22.3 Å². The van der Waals surface area contributed by atoms with Gasteiger partial charge in [-0.05, 0) is 28.7 Å². The minimum absolute atomic E-state index is 0.622. The molecule has 2 heteroatoms. The SMILES string of the molecule is NCc1cccc(CN2CCc3ccccc3C2)c1. The van der Waals surface area contributed by atoms with Gasteiger partial charge in [0.05, 0.1) is 0 Å². The van der Waals surface area contributed by atoms with Crippen LogP contribution in [0.4, 0.5) is 0 Å². The van der Waals surface area contributed by atoms with Gasteiger partial charge < -0.3 is 5.73 Å². The monoisotopic (exact) mass is 252 g/mol. The van der Waals surface area contributed by atoms with Crippen LogP contribution in [0.5, 0.6) is 0 Å². The maximum atomic E-state index is 5.70. The second-order valence-electron chi connectivity index (χ2n) is 5.25. The summed E-state index contributed by atoms with van der Waals surface area (Å²) >= 11 is 0. The highest BCUT2D eigenvalue weighted by Crippen LogP contribution is 2.20.